The Bertz CT molecular complexity index is 1450. The molecule has 2 N–H and O–H groups in total. The Labute approximate surface area is 182 Å². The maximum Gasteiger partial charge on any atom is 0.326 e. The van der Waals surface area contributed by atoms with Crippen molar-refractivity contribution in [1.29, 1.82) is 0 Å². The summed E-state index contributed by atoms with van der Waals surface area (Å²) in [6.07, 6.45) is 6.93. The molecule has 1 aliphatic rings. The zero-order valence-electron chi connectivity index (χ0n) is 17.7. The summed E-state index contributed by atoms with van der Waals surface area (Å²) in [6, 6.07) is 8.02. The van der Waals surface area contributed by atoms with Gasteiger partial charge >= 0.3 is 5.69 Å². The number of hydrogen-bond donors (Lipinski definition) is 2. The highest BCUT2D eigenvalue weighted by Gasteiger charge is 2.27. The molecule has 0 unspecified atom stereocenters. The van der Waals surface area contributed by atoms with Crippen LogP contribution in [0.4, 0.5) is 5.82 Å². The van der Waals surface area contributed by atoms with Gasteiger partial charge in [-0.2, -0.15) is 5.10 Å². The molecule has 0 atom stereocenters. The van der Waals surface area contributed by atoms with E-state index in [0.29, 0.717) is 0 Å². The minimum atomic E-state index is -0.0412. The topological polar surface area (TPSA) is 113 Å². The number of aryl methyl sites for hydroxylation is 1. The van der Waals surface area contributed by atoms with Crippen molar-refractivity contribution in [2.75, 3.05) is 18.0 Å². The fraction of sp³-hybridized carbons (Fsp3) is 0.318. The first-order valence-corrected chi connectivity index (χ1v) is 10.9. The molecule has 0 bridgehead atoms. The molecule has 5 heterocycles. The molecule has 1 fully saturated rings. The maximum atomic E-state index is 12.6. The van der Waals surface area contributed by atoms with Crippen LogP contribution in [0.25, 0.3) is 33.6 Å². The van der Waals surface area contributed by atoms with Gasteiger partial charge in [0.1, 0.15) is 12.2 Å². The molecule has 162 valence electrons. The van der Waals surface area contributed by atoms with Gasteiger partial charge in [-0.05, 0) is 31.9 Å². The molecular formula is C22H23N9O. The molecule has 4 aromatic heterocycles. The molecular weight excluding hydrogens is 406 g/mol. The van der Waals surface area contributed by atoms with Crippen molar-refractivity contribution >= 4 is 28.0 Å². The lowest BCUT2D eigenvalue weighted by Gasteiger charge is -2.33. The predicted octanol–water partition coefficient (Wildman–Crippen LogP) is 2.72. The first-order chi connectivity index (χ1) is 15.7. The van der Waals surface area contributed by atoms with E-state index < -0.39 is 0 Å². The number of anilines is 1. The number of benzene rings is 1. The van der Waals surface area contributed by atoms with Gasteiger partial charge in [0.25, 0.3) is 0 Å². The van der Waals surface area contributed by atoms with Crippen molar-refractivity contribution in [3.63, 3.8) is 0 Å². The van der Waals surface area contributed by atoms with E-state index >= 15 is 0 Å². The molecule has 6 rings (SSSR count). The van der Waals surface area contributed by atoms with Gasteiger partial charge in [-0.25, -0.2) is 19.7 Å². The zero-order valence-corrected chi connectivity index (χ0v) is 17.7. The monoisotopic (exact) mass is 429 g/mol. The summed E-state index contributed by atoms with van der Waals surface area (Å²) in [4.78, 5) is 31.9. The predicted molar refractivity (Wildman–Crippen MR) is 122 cm³/mol. The lowest BCUT2D eigenvalue weighted by Crippen LogP contribution is -2.37. The van der Waals surface area contributed by atoms with Gasteiger partial charge in [-0.3, -0.25) is 9.67 Å². The summed E-state index contributed by atoms with van der Waals surface area (Å²) in [5.41, 5.74) is 4.35. The third kappa shape index (κ3) is 2.83. The molecule has 10 nitrogen and oxygen atoms in total. The van der Waals surface area contributed by atoms with Crippen LogP contribution in [0.5, 0.6) is 0 Å². The number of piperidine rings is 1. The van der Waals surface area contributed by atoms with E-state index in [2.05, 4.69) is 41.5 Å². The van der Waals surface area contributed by atoms with Gasteiger partial charge in [0.15, 0.2) is 17.0 Å². The Morgan fingerprint density at radius 2 is 2.00 bits per heavy atom. The fourth-order valence-corrected chi connectivity index (χ4v) is 4.82. The number of H-pyrrole nitrogens is 2. The second-order valence-electron chi connectivity index (χ2n) is 8.07. The number of aromatic amines is 2. The van der Waals surface area contributed by atoms with Crippen LogP contribution in [0.3, 0.4) is 0 Å². The molecule has 0 amide bonds. The van der Waals surface area contributed by atoms with Gasteiger partial charge in [-0.1, -0.05) is 12.1 Å². The molecule has 0 spiro atoms. The van der Waals surface area contributed by atoms with E-state index in [1.54, 1.807) is 12.5 Å². The summed E-state index contributed by atoms with van der Waals surface area (Å²) in [5.74, 6) is 1.68. The molecule has 5 aromatic rings. The van der Waals surface area contributed by atoms with E-state index in [0.717, 1.165) is 71.9 Å². The van der Waals surface area contributed by atoms with Crippen LogP contribution >= 0.6 is 0 Å². The van der Waals surface area contributed by atoms with Gasteiger partial charge in [-0.15, -0.1) is 0 Å². The van der Waals surface area contributed by atoms with Crippen LogP contribution in [0.15, 0.2) is 47.8 Å². The van der Waals surface area contributed by atoms with Crippen molar-refractivity contribution in [3.8, 4) is 11.4 Å². The van der Waals surface area contributed by atoms with Gasteiger partial charge in [0, 0.05) is 31.9 Å². The summed E-state index contributed by atoms with van der Waals surface area (Å²) in [7, 11) is 0. The average Bonchev–Trinajstić information content (AvgIpc) is 3.55. The van der Waals surface area contributed by atoms with Crippen molar-refractivity contribution in [2.45, 2.75) is 32.4 Å². The Hall–Kier alpha value is -3.95. The van der Waals surface area contributed by atoms with Gasteiger partial charge in [0.05, 0.1) is 22.8 Å². The van der Waals surface area contributed by atoms with Crippen LogP contribution in [0, 0.1) is 0 Å². The van der Waals surface area contributed by atoms with E-state index in [-0.39, 0.29) is 11.7 Å². The number of rotatable bonds is 4. The first kappa shape index (κ1) is 18.8. The highest BCUT2D eigenvalue weighted by atomic mass is 16.1. The molecule has 0 radical (unpaired) electrons. The molecule has 10 heteroatoms. The third-order valence-corrected chi connectivity index (χ3v) is 6.34. The number of hydrogen-bond acceptors (Lipinski definition) is 6. The minimum absolute atomic E-state index is 0.0412. The number of para-hydroxylation sites is 2. The number of imidazole rings is 2. The molecule has 1 aromatic carbocycles. The summed E-state index contributed by atoms with van der Waals surface area (Å²) < 4.78 is 3.99. The molecule has 32 heavy (non-hydrogen) atoms. The lowest BCUT2D eigenvalue weighted by atomic mass is 10.0. The van der Waals surface area contributed by atoms with E-state index in [9.17, 15) is 4.79 Å². The quantitative estimate of drug-likeness (QED) is 0.454. The molecule has 1 saturated heterocycles. The number of fused-ring (bicyclic) bond motifs is 2. The highest BCUT2D eigenvalue weighted by Crippen LogP contribution is 2.32. The van der Waals surface area contributed by atoms with Crippen LogP contribution in [-0.2, 0) is 6.54 Å². The smallest absolute Gasteiger partial charge is 0.326 e. The van der Waals surface area contributed by atoms with E-state index in [1.807, 2.05) is 35.0 Å². The highest BCUT2D eigenvalue weighted by molar-refractivity contribution is 5.86. The van der Waals surface area contributed by atoms with Crippen molar-refractivity contribution in [2.24, 2.45) is 0 Å². The van der Waals surface area contributed by atoms with Crippen LogP contribution in [-0.4, -0.2) is 52.4 Å². The number of nitrogens with zero attached hydrogens (tertiary/aromatic N) is 7. The van der Waals surface area contributed by atoms with Crippen molar-refractivity contribution in [1.82, 2.24) is 39.3 Å². The Kier molecular flexibility index (Phi) is 4.30. The summed E-state index contributed by atoms with van der Waals surface area (Å²) >= 11 is 0. The summed E-state index contributed by atoms with van der Waals surface area (Å²) in [5, 5.41) is 6.92. The van der Waals surface area contributed by atoms with Crippen LogP contribution in [0.1, 0.15) is 25.8 Å². The Morgan fingerprint density at radius 3 is 2.78 bits per heavy atom. The number of aromatic nitrogens is 8. The minimum Gasteiger partial charge on any atom is -0.355 e. The molecule has 0 saturated carbocycles. The number of nitrogens with one attached hydrogen (secondary N) is 2. The standard InChI is InChI=1S/C22H23N9O/c1-2-30-19(14-11-25-26-12-14)28-18-20(23-13-24-21(18)30)29-9-7-15(8-10-29)31-17-6-4-3-5-16(17)27-22(31)32/h3-6,11-13,15H,2,7-10H2,1H3,(H,25,26)(H,27,32). The first-order valence-electron chi connectivity index (χ1n) is 10.9. The molecule has 1 aliphatic heterocycles. The van der Waals surface area contributed by atoms with Crippen molar-refractivity contribution < 1.29 is 0 Å². The second kappa shape index (κ2) is 7.33. The average molecular weight is 429 g/mol. The van der Waals surface area contributed by atoms with Crippen LogP contribution < -0.4 is 10.6 Å². The van der Waals surface area contributed by atoms with Crippen LogP contribution in [0.2, 0.25) is 0 Å². The van der Waals surface area contributed by atoms with Crippen molar-refractivity contribution in [3.05, 3.63) is 53.5 Å². The normalized spacial score (nSPS) is 15.2. The fourth-order valence-electron chi connectivity index (χ4n) is 4.82. The van der Waals surface area contributed by atoms with Gasteiger partial charge in [0.2, 0.25) is 0 Å². The SMILES string of the molecule is CCn1c(-c2cn[nH]c2)nc2c(N3CCC(n4c(=O)[nH]c5ccccc54)CC3)ncnc21. The third-order valence-electron chi connectivity index (χ3n) is 6.34. The van der Waals surface area contributed by atoms with Gasteiger partial charge < -0.3 is 14.5 Å². The summed E-state index contributed by atoms with van der Waals surface area (Å²) in [6.45, 7) is 4.42. The zero-order chi connectivity index (χ0) is 21.7. The maximum absolute atomic E-state index is 12.6. The van der Waals surface area contributed by atoms with E-state index in [1.165, 1.54) is 0 Å². The van der Waals surface area contributed by atoms with E-state index in [4.69, 9.17) is 4.98 Å². The largest absolute Gasteiger partial charge is 0.355 e. The Balaban J connectivity index is 1.33. The molecule has 0 aliphatic carbocycles. The Morgan fingerprint density at radius 1 is 1.16 bits per heavy atom. The second-order valence-corrected chi connectivity index (χ2v) is 8.07. The lowest BCUT2D eigenvalue weighted by molar-refractivity contribution is 0.395.